The molecule has 0 saturated heterocycles. The second-order valence-corrected chi connectivity index (χ2v) is 1.50. The van der Waals surface area contributed by atoms with E-state index in [2.05, 4.69) is 11.7 Å². The normalized spacial score (nSPS) is 10.2. The van der Waals surface area contributed by atoms with E-state index in [1.807, 2.05) is 7.98 Å². The SMILES string of the molecule is BNPC. The van der Waals surface area contributed by atoms with Gasteiger partial charge < -0.3 is 5.00 Å². The van der Waals surface area contributed by atoms with E-state index < -0.39 is 0 Å². The molecule has 0 aromatic rings. The molecule has 1 nitrogen and oxygen atoms in total. The molecule has 0 heterocycles. The summed E-state index contributed by atoms with van der Waals surface area (Å²) in [5.74, 6) is 0. The standard InChI is InChI=1S/CH7BNP/c1-4-3-2/h3-4H,2H2,1H3. The Labute approximate surface area is 29.4 Å². The molecule has 0 aliphatic heterocycles. The Morgan fingerprint density at radius 1 is 2.00 bits per heavy atom. The van der Waals surface area contributed by atoms with Gasteiger partial charge in [0.05, 0.1) is 0 Å². The third kappa shape index (κ3) is 2.45. The van der Waals surface area contributed by atoms with Gasteiger partial charge in [0.15, 0.2) is 7.98 Å². The minimum Gasteiger partial charge on any atom is -0.344 e. The van der Waals surface area contributed by atoms with E-state index in [4.69, 9.17) is 0 Å². The first-order valence-electron chi connectivity index (χ1n) is 1.25. The second kappa shape index (κ2) is 3.45. The van der Waals surface area contributed by atoms with E-state index in [9.17, 15) is 0 Å². The van der Waals surface area contributed by atoms with Crippen LogP contribution in [-0.4, -0.2) is 14.6 Å². The van der Waals surface area contributed by atoms with Crippen LogP contribution in [0.4, 0.5) is 0 Å². The van der Waals surface area contributed by atoms with Crippen LogP contribution in [0.2, 0.25) is 0 Å². The highest BCUT2D eigenvalue weighted by molar-refractivity contribution is 7.36. The van der Waals surface area contributed by atoms with Crippen LogP contribution in [-0.2, 0) is 0 Å². The third-order valence-electron chi connectivity index (χ3n) is 0.250. The maximum absolute atomic E-state index is 2.96. The molecule has 24 valence electrons. The van der Waals surface area contributed by atoms with Crippen molar-refractivity contribution in [3.05, 3.63) is 0 Å². The summed E-state index contributed by atoms with van der Waals surface area (Å²) in [5.41, 5.74) is 0. The lowest BCUT2D eigenvalue weighted by atomic mass is 10.5. The first kappa shape index (κ1) is 4.45. The van der Waals surface area contributed by atoms with Gasteiger partial charge >= 0.3 is 0 Å². The maximum Gasteiger partial charge on any atom is 0.186 e. The smallest absolute Gasteiger partial charge is 0.186 e. The van der Waals surface area contributed by atoms with Gasteiger partial charge in [-0.15, -0.1) is 0 Å². The van der Waals surface area contributed by atoms with Crippen molar-refractivity contribution in [1.82, 2.24) is 5.00 Å². The van der Waals surface area contributed by atoms with Crippen molar-refractivity contribution in [2.24, 2.45) is 0 Å². The molecule has 0 saturated carbocycles. The molecule has 1 unspecified atom stereocenters. The quantitative estimate of drug-likeness (QED) is 0.322. The molecular formula is CH7BNP. The lowest BCUT2D eigenvalue weighted by Crippen LogP contribution is -1.86. The summed E-state index contributed by atoms with van der Waals surface area (Å²) < 4.78 is 0. The molecule has 0 aliphatic carbocycles. The van der Waals surface area contributed by atoms with Gasteiger partial charge in [-0.05, 0) is 6.66 Å². The minimum atomic E-state index is 0.890. The Morgan fingerprint density at radius 3 is 2.25 bits per heavy atom. The van der Waals surface area contributed by atoms with Crippen LogP contribution in [0.15, 0.2) is 0 Å². The molecule has 0 aliphatic rings. The fourth-order valence-electron chi connectivity index (χ4n) is 0. The summed E-state index contributed by atoms with van der Waals surface area (Å²) in [7, 11) is 2.83. The van der Waals surface area contributed by atoms with Crippen molar-refractivity contribution in [2.75, 3.05) is 6.66 Å². The maximum atomic E-state index is 2.96. The van der Waals surface area contributed by atoms with Gasteiger partial charge in [-0.25, -0.2) is 0 Å². The first-order chi connectivity index (χ1) is 1.91. The lowest BCUT2D eigenvalue weighted by molar-refractivity contribution is 1.69. The van der Waals surface area contributed by atoms with E-state index in [0.717, 1.165) is 8.73 Å². The van der Waals surface area contributed by atoms with Gasteiger partial charge in [-0.3, -0.25) is 0 Å². The molecule has 1 atom stereocenters. The van der Waals surface area contributed by atoms with Crippen molar-refractivity contribution in [3.63, 3.8) is 0 Å². The summed E-state index contributed by atoms with van der Waals surface area (Å²) >= 11 is 0. The number of nitrogens with one attached hydrogen (secondary N) is 1. The largest absolute Gasteiger partial charge is 0.344 e. The zero-order chi connectivity index (χ0) is 3.41. The highest BCUT2D eigenvalue weighted by atomic mass is 31.1. The molecule has 3 heteroatoms. The average Bonchev–Trinajstić information content (AvgIpc) is 1.37. The predicted octanol–water partition coefficient (Wildman–Crippen LogP) is -0.653. The van der Waals surface area contributed by atoms with Gasteiger partial charge in [-0.2, -0.15) is 0 Å². The molecule has 0 aromatic heterocycles. The molecule has 4 heavy (non-hydrogen) atoms. The Morgan fingerprint density at radius 2 is 2.25 bits per heavy atom. The molecule has 1 N–H and O–H groups in total. The summed E-state index contributed by atoms with van der Waals surface area (Å²) in [6.45, 7) is 2.10. The number of hydrogen-bond acceptors (Lipinski definition) is 1. The summed E-state index contributed by atoms with van der Waals surface area (Å²) in [5, 5.41) is 0. The fourth-order valence-corrected chi connectivity index (χ4v) is 0. The second-order valence-electron chi connectivity index (χ2n) is 0.500. The van der Waals surface area contributed by atoms with Crippen LogP contribution in [0.25, 0.3) is 0 Å². The Bertz CT molecular complexity index is 10.0. The molecule has 0 spiro atoms. The lowest BCUT2D eigenvalue weighted by Gasteiger charge is -1.76. The molecule has 0 amide bonds. The van der Waals surface area contributed by atoms with E-state index in [0.29, 0.717) is 0 Å². The van der Waals surface area contributed by atoms with Crippen molar-refractivity contribution in [3.8, 4) is 0 Å². The molecule has 0 aromatic carbocycles. The molecule has 0 fully saturated rings. The monoisotopic (exact) mass is 75.0 g/mol. The summed E-state index contributed by atoms with van der Waals surface area (Å²) in [6, 6.07) is 0. The Hall–Kier alpha value is 0.455. The average molecular weight is 74.9 g/mol. The summed E-state index contributed by atoms with van der Waals surface area (Å²) in [6.07, 6.45) is 0. The number of hydrogen-bond donors (Lipinski definition) is 1. The highest BCUT2D eigenvalue weighted by Crippen LogP contribution is 1.83. The molecule has 0 bridgehead atoms. The van der Waals surface area contributed by atoms with Crippen LogP contribution in [0, 0.1) is 0 Å². The fraction of sp³-hybridized carbons (Fsp3) is 1.00. The van der Waals surface area contributed by atoms with Crippen LogP contribution in [0.1, 0.15) is 0 Å². The molecular weight excluding hydrogens is 67.8 g/mol. The van der Waals surface area contributed by atoms with Crippen LogP contribution < -0.4 is 5.00 Å². The highest BCUT2D eigenvalue weighted by Gasteiger charge is 1.50. The van der Waals surface area contributed by atoms with E-state index >= 15 is 0 Å². The zero-order valence-corrected chi connectivity index (χ0v) is 4.00. The van der Waals surface area contributed by atoms with Crippen molar-refractivity contribution >= 4 is 16.7 Å². The van der Waals surface area contributed by atoms with Crippen LogP contribution in [0.5, 0.6) is 0 Å². The third-order valence-corrected chi connectivity index (χ3v) is 0.750. The number of rotatable bonds is 1. The van der Waals surface area contributed by atoms with Crippen molar-refractivity contribution in [1.29, 1.82) is 0 Å². The Kier molecular flexibility index (Phi) is 3.85. The van der Waals surface area contributed by atoms with Gasteiger partial charge in [-0.1, -0.05) is 8.73 Å². The summed E-state index contributed by atoms with van der Waals surface area (Å²) in [4.78, 5) is 2.96. The molecule has 0 radical (unpaired) electrons. The van der Waals surface area contributed by atoms with E-state index in [1.54, 1.807) is 0 Å². The van der Waals surface area contributed by atoms with Gasteiger partial charge in [0.25, 0.3) is 0 Å². The Balaban J connectivity index is 1.97. The van der Waals surface area contributed by atoms with Crippen molar-refractivity contribution < 1.29 is 0 Å². The zero-order valence-electron chi connectivity index (χ0n) is 3.00. The first-order valence-corrected chi connectivity index (χ1v) is 2.75. The van der Waals surface area contributed by atoms with Gasteiger partial charge in [0.2, 0.25) is 0 Å². The minimum absolute atomic E-state index is 0.890. The van der Waals surface area contributed by atoms with E-state index in [-0.39, 0.29) is 0 Å². The molecule has 0 rings (SSSR count). The predicted molar refractivity (Wildman–Crippen MR) is 25.9 cm³/mol. The van der Waals surface area contributed by atoms with Gasteiger partial charge in [0.1, 0.15) is 0 Å². The van der Waals surface area contributed by atoms with Crippen LogP contribution in [0.3, 0.4) is 0 Å². The van der Waals surface area contributed by atoms with E-state index in [1.165, 1.54) is 0 Å². The van der Waals surface area contributed by atoms with Crippen molar-refractivity contribution in [2.45, 2.75) is 0 Å². The van der Waals surface area contributed by atoms with Crippen LogP contribution >= 0.6 is 8.73 Å². The topological polar surface area (TPSA) is 12.0 Å². The van der Waals surface area contributed by atoms with Gasteiger partial charge in [0, 0.05) is 0 Å².